The lowest BCUT2D eigenvalue weighted by molar-refractivity contribution is -0.138. The number of hydrogen-bond donors (Lipinski definition) is 1. The summed E-state index contributed by atoms with van der Waals surface area (Å²) < 4.78 is 16.3. The first-order valence-corrected chi connectivity index (χ1v) is 9.15. The van der Waals surface area contributed by atoms with E-state index in [1.807, 2.05) is 19.1 Å². The predicted molar refractivity (Wildman–Crippen MR) is 101 cm³/mol. The first kappa shape index (κ1) is 19.0. The van der Waals surface area contributed by atoms with Crippen molar-refractivity contribution < 1.29 is 23.8 Å². The molecule has 0 radical (unpaired) electrons. The standard InChI is InChI=1S/C21H25NO5/c1-5-27-21(24)17-12(2)22-14-9-7-10-15(23)19(14)18(17)13-8-6-11-16(25-3)20(13)26-4/h6,8,11,18,22H,5,7,9-10H2,1-4H3/t18-/m1/s1. The van der Waals surface area contributed by atoms with Crippen LogP contribution in [0.15, 0.2) is 40.7 Å². The van der Waals surface area contributed by atoms with E-state index in [-0.39, 0.29) is 12.4 Å². The number of rotatable bonds is 5. The fraction of sp³-hybridized carbons (Fsp3) is 0.429. The van der Waals surface area contributed by atoms with Crippen LogP contribution in [-0.2, 0) is 14.3 Å². The van der Waals surface area contributed by atoms with Gasteiger partial charge in [-0.1, -0.05) is 12.1 Å². The molecule has 0 bridgehead atoms. The second kappa shape index (κ2) is 7.86. The number of carbonyl (C=O) groups is 2. The lowest BCUT2D eigenvalue weighted by Crippen LogP contribution is -2.34. The van der Waals surface area contributed by atoms with Gasteiger partial charge < -0.3 is 19.5 Å². The fourth-order valence-electron chi connectivity index (χ4n) is 3.91. The molecule has 2 aliphatic rings. The zero-order valence-corrected chi connectivity index (χ0v) is 16.2. The summed E-state index contributed by atoms with van der Waals surface area (Å²) in [6, 6.07) is 5.50. The van der Waals surface area contributed by atoms with E-state index in [0.29, 0.717) is 34.8 Å². The van der Waals surface area contributed by atoms with E-state index in [0.717, 1.165) is 24.1 Å². The highest BCUT2D eigenvalue weighted by Crippen LogP contribution is 2.47. The summed E-state index contributed by atoms with van der Waals surface area (Å²) in [4.78, 5) is 25.7. The topological polar surface area (TPSA) is 73.9 Å². The van der Waals surface area contributed by atoms with Gasteiger partial charge in [0.15, 0.2) is 17.3 Å². The maximum atomic E-state index is 12.9. The second-order valence-electron chi connectivity index (χ2n) is 6.57. The Morgan fingerprint density at radius 2 is 2.00 bits per heavy atom. The van der Waals surface area contributed by atoms with Crippen LogP contribution >= 0.6 is 0 Å². The number of allylic oxidation sites excluding steroid dienone is 3. The Hall–Kier alpha value is -2.76. The zero-order chi connectivity index (χ0) is 19.6. The number of ether oxygens (including phenoxy) is 3. The van der Waals surface area contributed by atoms with E-state index in [4.69, 9.17) is 14.2 Å². The van der Waals surface area contributed by atoms with Gasteiger partial charge in [0.2, 0.25) is 0 Å². The first-order valence-electron chi connectivity index (χ1n) is 9.15. The Morgan fingerprint density at radius 3 is 2.67 bits per heavy atom. The molecular formula is C21H25NO5. The molecule has 1 atom stereocenters. The van der Waals surface area contributed by atoms with E-state index >= 15 is 0 Å². The molecule has 27 heavy (non-hydrogen) atoms. The number of ketones is 1. The van der Waals surface area contributed by atoms with Gasteiger partial charge in [-0.25, -0.2) is 4.79 Å². The van der Waals surface area contributed by atoms with Crippen molar-refractivity contribution >= 4 is 11.8 Å². The summed E-state index contributed by atoms with van der Waals surface area (Å²) >= 11 is 0. The number of para-hydroxylation sites is 1. The lowest BCUT2D eigenvalue weighted by Gasteiger charge is -2.34. The molecule has 0 aromatic heterocycles. The van der Waals surface area contributed by atoms with Crippen molar-refractivity contribution in [2.75, 3.05) is 20.8 Å². The molecule has 6 nitrogen and oxygen atoms in total. The molecule has 0 spiro atoms. The molecule has 1 aromatic carbocycles. The monoisotopic (exact) mass is 371 g/mol. The Kier molecular flexibility index (Phi) is 5.54. The quantitative estimate of drug-likeness (QED) is 0.801. The summed E-state index contributed by atoms with van der Waals surface area (Å²) in [5.41, 5.74) is 3.38. The molecule has 0 saturated heterocycles. The van der Waals surface area contributed by atoms with E-state index in [1.165, 1.54) is 0 Å². The van der Waals surface area contributed by atoms with Gasteiger partial charge >= 0.3 is 5.97 Å². The van der Waals surface area contributed by atoms with Gasteiger partial charge in [-0.2, -0.15) is 0 Å². The zero-order valence-electron chi connectivity index (χ0n) is 16.2. The largest absolute Gasteiger partial charge is 0.493 e. The maximum absolute atomic E-state index is 12.9. The third-order valence-corrected chi connectivity index (χ3v) is 5.02. The van der Waals surface area contributed by atoms with Crippen LogP contribution in [0.4, 0.5) is 0 Å². The van der Waals surface area contributed by atoms with E-state index in [2.05, 4.69) is 5.32 Å². The number of hydrogen-bond acceptors (Lipinski definition) is 6. The molecule has 1 aliphatic heterocycles. The molecule has 3 rings (SSSR count). The van der Waals surface area contributed by atoms with Crippen molar-refractivity contribution in [3.8, 4) is 11.5 Å². The molecule has 1 aromatic rings. The van der Waals surface area contributed by atoms with Crippen LogP contribution in [0.2, 0.25) is 0 Å². The highest BCUT2D eigenvalue weighted by molar-refractivity contribution is 6.04. The molecule has 1 heterocycles. The molecule has 0 amide bonds. The average molecular weight is 371 g/mol. The molecule has 1 aliphatic carbocycles. The second-order valence-corrected chi connectivity index (χ2v) is 6.57. The van der Waals surface area contributed by atoms with Crippen LogP contribution in [0.5, 0.6) is 11.5 Å². The van der Waals surface area contributed by atoms with Crippen LogP contribution in [-0.4, -0.2) is 32.6 Å². The predicted octanol–water partition coefficient (Wildman–Crippen LogP) is 3.23. The summed E-state index contributed by atoms with van der Waals surface area (Å²) in [5.74, 6) is 0.153. The summed E-state index contributed by atoms with van der Waals surface area (Å²) in [5, 5.41) is 3.27. The Labute approximate surface area is 159 Å². The highest BCUT2D eigenvalue weighted by Gasteiger charge is 2.40. The molecule has 0 saturated carbocycles. The number of nitrogens with one attached hydrogen (secondary N) is 1. The van der Waals surface area contributed by atoms with Crippen LogP contribution < -0.4 is 14.8 Å². The SMILES string of the molecule is CCOC(=O)C1=C(C)NC2=C(C(=O)CCC2)[C@@H]1c1cccc(OC)c1OC. The Bertz CT molecular complexity index is 837. The number of benzene rings is 1. The molecular weight excluding hydrogens is 346 g/mol. The minimum atomic E-state index is -0.543. The third kappa shape index (κ3) is 3.31. The van der Waals surface area contributed by atoms with Crippen molar-refractivity contribution in [1.82, 2.24) is 5.32 Å². The number of carbonyl (C=O) groups excluding carboxylic acids is 2. The van der Waals surface area contributed by atoms with E-state index in [9.17, 15) is 9.59 Å². The van der Waals surface area contributed by atoms with Gasteiger partial charge in [-0.05, 0) is 32.8 Å². The van der Waals surface area contributed by atoms with Gasteiger partial charge in [-0.3, -0.25) is 4.79 Å². The normalized spacial score (nSPS) is 19.4. The Morgan fingerprint density at radius 1 is 1.22 bits per heavy atom. The van der Waals surface area contributed by atoms with Gasteiger partial charge in [-0.15, -0.1) is 0 Å². The van der Waals surface area contributed by atoms with Gasteiger partial charge in [0.05, 0.1) is 32.3 Å². The van der Waals surface area contributed by atoms with Crippen molar-refractivity contribution in [1.29, 1.82) is 0 Å². The Balaban J connectivity index is 2.25. The maximum Gasteiger partial charge on any atom is 0.336 e. The van der Waals surface area contributed by atoms with Crippen molar-refractivity contribution in [2.45, 2.75) is 39.0 Å². The van der Waals surface area contributed by atoms with Crippen LogP contribution in [0.3, 0.4) is 0 Å². The third-order valence-electron chi connectivity index (χ3n) is 5.02. The van der Waals surface area contributed by atoms with Crippen molar-refractivity contribution in [3.05, 3.63) is 46.3 Å². The van der Waals surface area contributed by atoms with Crippen LogP contribution in [0.1, 0.15) is 44.6 Å². The van der Waals surface area contributed by atoms with Gasteiger partial charge in [0.25, 0.3) is 0 Å². The minimum absolute atomic E-state index is 0.0490. The summed E-state index contributed by atoms with van der Waals surface area (Å²) in [6.07, 6.45) is 2.05. The molecule has 6 heteroatoms. The van der Waals surface area contributed by atoms with Crippen molar-refractivity contribution in [3.63, 3.8) is 0 Å². The van der Waals surface area contributed by atoms with E-state index in [1.54, 1.807) is 27.2 Å². The van der Waals surface area contributed by atoms with Crippen molar-refractivity contribution in [2.24, 2.45) is 0 Å². The van der Waals surface area contributed by atoms with Gasteiger partial charge in [0.1, 0.15) is 0 Å². The molecule has 1 N–H and O–H groups in total. The smallest absolute Gasteiger partial charge is 0.336 e. The number of esters is 1. The average Bonchev–Trinajstić information content (AvgIpc) is 2.66. The van der Waals surface area contributed by atoms with E-state index < -0.39 is 11.9 Å². The summed E-state index contributed by atoms with van der Waals surface area (Å²) in [7, 11) is 3.12. The van der Waals surface area contributed by atoms with Crippen LogP contribution in [0, 0.1) is 0 Å². The lowest BCUT2D eigenvalue weighted by atomic mass is 9.75. The minimum Gasteiger partial charge on any atom is -0.493 e. The number of Topliss-reactive ketones (excluding diaryl/α,β-unsaturated/α-hetero) is 1. The first-order chi connectivity index (χ1) is 13.0. The number of methoxy groups -OCH3 is 2. The number of dihydropyridines is 1. The fourth-order valence-corrected chi connectivity index (χ4v) is 3.91. The molecule has 144 valence electrons. The molecule has 0 unspecified atom stereocenters. The summed E-state index contributed by atoms with van der Waals surface area (Å²) in [6.45, 7) is 3.87. The van der Waals surface area contributed by atoms with Crippen LogP contribution in [0.25, 0.3) is 0 Å². The molecule has 0 fully saturated rings. The highest BCUT2D eigenvalue weighted by atomic mass is 16.5. The van der Waals surface area contributed by atoms with Gasteiger partial charge in [0, 0.05) is 29.0 Å².